The summed E-state index contributed by atoms with van der Waals surface area (Å²) < 4.78 is 0. The van der Waals surface area contributed by atoms with Crippen LogP contribution < -0.4 is 10.6 Å². The van der Waals surface area contributed by atoms with Crippen LogP contribution in [-0.4, -0.2) is 34.0 Å². The minimum atomic E-state index is -1.21. The summed E-state index contributed by atoms with van der Waals surface area (Å²) in [6.07, 6.45) is 3.35. The zero-order chi connectivity index (χ0) is 20.5. The number of carboxylic acid groups (broad SMARTS) is 2. The van der Waals surface area contributed by atoms with E-state index in [4.69, 9.17) is 10.2 Å². The van der Waals surface area contributed by atoms with E-state index < -0.39 is 23.8 Å². The first-order valence-corrected chi connectivity index (χ1v) is 7.98. The average Bonchev–Trinajstić information content (AvgIpc) is 2.66. The minimum absolute atomic E-state index is 0.512. The predicted octanol–water partition coefficient (Wildman–Crippen LogP) is 2.51. The molecule has 2 aromatic carbocycles. The van der Waals surface area contributed by atoms with Crippen LogP contribution in [0.4, 0.5) is 11.4 Å². The molecule has 0 saturated heterocycles. The Morgan fingerprint density at radius 3 is 1.18 bits per heavy atom. The third kappa shape index (κ3) is 6.60. The summed E-state index contributed by atoms with van der Waals surface area (Å²) in [4.78, 5) is 43.9. The molecular weight excluding hydrogens is 364 g/mol. The lowest BCUT2D eigenvalue weighted by Gasteiger charge is -2.07. The molecule has 2 aromatic rings. The molecule has 8 nitrogen and oxygen atoms in total. The lowest BCUT2D eigenvalue weighted by atomic mass is 10.0. The molecule has 4 N–H and O–H groups in total. The topological polar surface area (TPSA) is 133 Å². The average molecular weight is 380 g/mol. The molecule has 0 aliphatic heterocycles. The van der Waals surface area contributed by atoms with Crippen LogP contribution >= 0.6 is 0 Å². The fourth-order valence-corrected chi connectivity index (χ4v) is 2.15. The minimum Gasteiger partial charge on any atom is -0.478 e. The fraction of sp³-hybridized carbons (Fsp3) is 0. The molecule has 0 aliphatic rings. The van der Waals surface area contributed by atoms with Crippen molar-refractivity contribution < 1.29 is 29.4 Å². The molecule has 28 heavy (non-hydrogen) atoms. The summed E-state index contributed by atoms with van der Waals surface area (Å²) in [5, 5.41) is 22.1. The van der Waals surface area contributed by atoms with E-state index in [0.29, 0.717) is 11.4 Å². The SMILES string of the molecule is O=C(O)/C=C/C(=O)Nc1ccc(-c2ccc(NC(=O)/C=C/C(=O)O)cc2)cc1. The summed E-state index contributed by atoms with van der Waals surface area (Å²) in [6, 6.07) is 13.8. The predicted molar refractivity (Wildman–Crippen MR) is 103 cm³/mol. The summed E-state index contributed by atoms with van der Waals surface area (Å²) >= 11 is 0. The van der Waals surface area contributed by atoms with Crippen molar-refractivity contribution >= 4 is 35.1 Å². The fourth-order valence-electron chi connectivity index (χ4n) is 2.15. The van der Waals surface area contributed by atoms with Crippen molar-refractivity contribution in [1.29, 1.82) is 0 Å². The highest BCUT2D eigenvalue weighted by Crippen LogP contribution is 2.23. The number of aliphatic carboxylic acids is 2. The second-order valence-electron chi connectivity index (χ2n) is 5.48. The second-order valence-corrected chi connectivity index (χ2v) is 5.48. The first kappa shape index (κ1) is 20.1. The maximum Gasteiger partial charge on any atom is 0.328 e. The van der Waals surface area contributed by atoms with Crippen molar-refractivity contribution in [3.63, 3.8) is 0 Å². The van der Waals surface area contributed by atoms with Gasteiger partial charge < -0.3 is 20.8 Å². The van der Waals surface area contributed by atoms with Gasteiger partial charge in [0.25, 0.3) is 0 Å². The van der Waals surface area contributed by atoms with Gasteiger partial charge in [-0.15, -0.1) is 0 Å². The molecule has 0 unspecified atom stereocenters. The zero-order valence-electron chi connectivity index (χ0n) is 14.5. The van der Waals surface area contributed by atoms with Gasteiger partial charge in [0.05, 0.1) is 0 Å². The Bertz CT molecular complexity index is 864. The second kappa shape index (κ2) is 9.48. The molecule has 0 bridgehead atoms. The molecular formula is C20H16N2O6. The summed E-state index contributed by atoms with van der Waals surface area (Å²) in [6.45, 7) is 0. The highest BCUT2D eigenvalue weighted by Gasteiger charge is 2.03. The van der Waals surface area contributed by atoms with Crippen LogP contribution in [0.5, 0.6) is 0 Å². The van der Waals surface area contributed by atoms with Gasteiger partial charge in [-0.1, -0.05) is 24.3 Å². The van der Waals surface area contributed by atoms with Crippen LogP contribution in [0.2, 0.25) is 0 Å². The number of hydrogen-bond donors (Lipinski definition) is 4. The van der Waals surface area contributed by atoms with E-state index in [2.05, 4.69) is 10.6 Å². The molecule has 0 radical (unpaired) electrons. The monoisotopic (exact) mass is 380 g/mol. The van der Waals surface area contributed by atoms with Gasteiger partial charge in [0.2, 0.25) is 11.8 Å². The van der Waals surface area contributed by atoms with Gasteiger partial charge >= 0.3 is 11.9 Å². The first-order chi connectivity index (χ1) is 13.3. The lowest BCUT2D eigenvalue weighted by molar-refractivity contribution is -0.132. The van der Waals surface area contributed by atoms with E-state index in [1.807, 2.05) is 0 Å². The molecule has 0 fully saturated rings. The van der Waals surface area contributed by atoms with E-state index in [1.165, 1.54) is 0 Å². The number of amides is 2. The Labute approximate surface area is 159 Å². The number of anilines is 2. The van der Waals surface area contributed by atoms with Gasteiger partial charge in [-0.3, -0.25) is 9.59 Å². The smallest absolute Gasteiger partial charge is 0.328 e. The number of carboxylic acids is 2. The van der Waals surface area contributed by atoms with E-state index in [9.17, 15) is 19.2 Å². The Morgan fingerprint density at radius 1 is 0.571 bits per heavy atom. The van der Waals surface area contributed by atoms with E-state index >= 15 is 0 Å². The van der Waals surface area contributed by atoms with Gasteiger partial charge in [-0.25, -0.2) is 9.59 Å². The van der Waals surface area contributed by atoms with E-state index in [0.717, 1.165) is 35.4 Å². The van der Waals surface area contributed by atoms with Gasteiger partial charge in [0.15, 0.2) is 0 Å². The normalized spacial score (nSPS) is 10.7. The maximum absolute atomic E-state index is 11.5. The zero-order valence-corrected chi connectivity index (χ0v) is 14.5. The molecule has 142 valence electrons. The molecule has 0 spiro atoms. The van der Waals surface area contributed by atoms with Crippen LogP contribution in [0, 0.1) is 0 Å². The summed E-state index contributed by atoms with van der Waals surface area (Å²) in [5.41, 5.74) is 2.75. The maximum atomic E-state index is 11.5. The quantitative estimate of drug-likeness (QED) is 0.546. The molecule has 2 amide bonds. The Balaban J connectivity index is 2.00. The molecule has 0 atom stereocenters. The van der Waals surface area contributed by atoms with Crippen LogP contribution in [0.15, 0.2) is 72.8 Å². The van der Waals surface area contributed by atoms with Crippen molar-refractivity contribution in [2.24, 2.45) is 0 Å². The van der Waals surface area contributed by atoms with E-state index in [-0.39, 0.29) is 0 Å². The molecule has 0 heterocycles. The standard InChI is InChI=1S/C20H16N2O6/c23-17(9-11-19(25)26)21-15-5-1-13(2-6-15)14-3-7-16(8-4-14)22-18(24)10-12-20(27)28/h1-12H,(H,21,23)(H,22,24)(H,25,26)(H,27,28)/b11-9+,12-10+. The molecule has 0 aliphatic carbocycles. The largest absolute Gasteiger partial charge is 0.478 e. The van der Waals surface area contributed by atoms with Crippen LogP contribution in [0.25, 0.3) is 11.1 Å². The molecule has 0 saturated carbocycles. The van der Waals surface area contributed by atoms with Crippen molar-refractivity contribution in [1.82, 2.24) is 0 Å². The number of benzene rings is 2. The highest BCUT2D eigenvalue weighted by atomic mass is 16.4. The molecule has 2 rings (SSSR count). The Morgan fingerprint density at radius 2 is 0.893 bits per heavy atom. The van der Waals surface area contributed by atoms with Gasteiger partial charge in [0, 0.05) is 35.7 Å². The van der Waals surface area contributed by atoms with Gasteiger partial charge in [-0.05, 0) is 35.4 Å². The van der Waals surface area contributed by atoms with Crippen molar-refractivity contribution in [2.75, 3.05) is 10.6 Å². The lowest BCUT2D eigenvalue weighted by Crippen LogP contribution is -2.08. The van der Waals surface area contributed by atoms with Gasteiger partial charge in [0.1, 0.15) is 0 Å². The first-order valence-electron chi connectivity index (χ1n) is 7.98. The number of carbonyl (C=O) groups is 4. The van der Waals surface area contributed by atoms with Crippen molar-refractivity contribution in [3.8, 4) is 11.1 Å². The number of hydrogen-bond acceptors (Lipinski definition) is 4. The summed E-state index contributed by atoms with van der Waals surface area (Å²) in [5.74, 6) is -3.51. The molecule has 8 heteroatoms. The van der Waals surface area contributed by atoms with E-state index in [1.54, 1.807) is 48.5 Å². The van der Waals surface area contributed by atoms with Crippen LogP contribution in [0.3, 0.4) is 0 Å². The number of carbonyl (C=O) groups excluding carboxylic acids is 2. The number of rotatable bonds is 7. The van der Waals surface area contributed by atoms with Crippen LogP contribution in [0.1, 0.15) is 0 Å². The van der Waals surface area contributed by atoms with Gasteiger partial charge in [-0.2, -0.15) is 0 Å². The number of nitrogens with one attached hydrogen (secondary N) is 2. The summed E-state index contributed by atoms with van der Waals surface area (Å²) in [7, 11) is 0. The molecule has 0 aromatic heterocycles. The Hall–Kier alpha value is -4.20. The highest BCUT2D eigenvalue weighted by molar-refractivity contribution is 6.03. The van der Waals surface area contributed by atoms with Crippen LogP contribution in [-0.2, 0) is 19.2 Å². The third-order valence-electron chi connectivity index (χ3n) is 3.39. The van der Waals surface area contributed by atoms with Crippen molar-refractivity contribution in [3.05, 3.63) is 72.8 Å². The third-order valence-corrected chi connectivity index (χ3v) is 3.39. The Kier molecular flexibility index (Phi) is 6.81. The van der Waals surface area contributed by atoms with Crippen molar-refractivity contribution in [2.45, 2.75) is 0 Å².